The van der Waals surface area contributed by atoms with Crippen LogP contribution >= 0.6 is 7.60 Å². The minimum atomic E-state index is -4.09. The molecule has 0 bridgehead atoms. The van der Waals surface area contributed by atoms with E-state index in [9.17, 15) is 18.1 Å². The van der Waals surface area contributed by atoms with Crippen LogP contribution in [-0.2, 0) is 14.0 Å². The van der Waals surface area contributed by atoms with Gasteiger partial charge in [-0.25, -0.2) is 18.1 Å². The molecule has 3 rings (SSSR count). The van der Waals surface area contributed by atoms with Crippen LogP contribution in [0, 0.1) is 11.6 Å². The van der Waals surface area contributed by atoms with Gasteiger partial charge in [0.05, 0.1) is 0 Å². The molecule has 126 valence electrons. The first-order chi connectivity index (χ1) is 11.4. The number of cyclic esters (lactones) is 2. The summed E-state index contributed by atoms with van der Waals surface area (Å²) < 4.78 is 59.1. The van der Waals surface area contributed by atoms with Crippen molar-refractivity contribution >= 4 is 13.8 Å². The van der Waals surface area contributed by atoms with Gasteiger partial charge in [-0.05, 0) is 48.5 Å². The Bertz CT molecular complexity index is 726. The van der Waals surface area contributed by atoms with E-state index in [4.69, 9.17) is 13.8 Å². The van der Waals surface area contributed by atoms with Crippen LogP contribution < -0.4 is 9.05 Å². The topological polar surface area (TPSA) is 71.1 Å². The molecule has 1 fully saturated rings. The molecule has 6 nitrogen and oxygen atoms in total. The van der Waals surface area contributed by atoms with Crippen molar-refractivity contribution < 1.29 is 36.7 Å². The summed E-state index contributed by atoms with van der Waals surface area (Å²) in [5, 5.41) is 0. The third kappa shape index (κ3) is 3.65. The van der Waals surface area contributed by atoms with Crippen molar-refractivity contribution in [1.29, 1.82) is 0 Å². The average Bonchev–Trinajstić information content (AvgIpc) is 2.99. The number of hydrogen-bond donors (Lipinski definition) is 0. The number of carbonyl (C=O) groups is 1. The molecular weight excluding hydrogens is 345 g/mol. The van der Waals surface area contributed by atoms with Crippen LogP contribution in [0.25, 0.3) is 0 Å². The molecule has 2 aromatic carbocycles. The molecule has 1 unspecified atom stereocenters. The summed E-state index contributed by atoms with van der Waals surface area (Å²) in [5.74, 6) is -2.23. The lowest BCUT2D eigenvalue weighted by atomic mass is 10.3. The zero-order chi connectivity index (χ0) is 17.2. The van der Waals surface area contributed by atoms with Crippen LogP contribution in [-0.4, -0.2) is 18.6 Å². The van der Waals surface area contributed by atoms with Crippen LogP contribution in [0.3, 0.4) is 0 Å². The fourth-order valence-electron chi connectivity index (χ4n) is 1.90. The van der Waals surface area contributed by atoms with Gasteiger partial charge in [0.25, 0.3) is 5.85 Å². The Kier molecular flexibility index (Phi) is 4.40. The first-order valence-electron chi connectivity index (χ1n) is 6.78. The summed E-state index contributed by atoms with van der Waals surface area (Å²) in [6.45, 7) is -0.335. The minimum Gasteiger partial charge on any atom is -0.429 e. The van der Waals surface area contributed by atoms with Gasteiger partial charge < -0.3 is 18.5 Å². The largest absolute Gasteiger partial charge is 0.509 e. The van der Waals surface area contributed by atoms with Crippen molar-refractivity contribution in [1.82, 2.24) is 0 Å². The molecule has 1 atom stereocenters. The SMILES string of the molecule is O=C1OCC(P(=O)(Oc2ccc(F)cc2)Oc2ccc(F)cc2)O1. The van der Waals surface area contributed by atoms with Gasteiger partial charge in [0.15, 0.2) is 0 Å². The van der Waals surface area contributed by atoms with Gasteiger partial charge in [-0.2, -0.15) is 0 Å². The highest BCUT2D eigenvalue weighted by Crippen LogP contribution is 2.54. The van der Waals surface area contributed by atoms with Gasteiger partial charge in [0, 0.05) is 0 Å². The van der Waals surface area contributed by atoms with Crippen LogP contribution in [0.5, 0.6) is 11.5 Å². The van der Waals surface area contributed by atoms with E-state index in [0.29, 0.717) is 0 Å². The third-order valence-electron chi connectivity index (χ3n) is 3.02. The monoisotopic (exact) mass is 356 g/mol. The fourth-order valence-corrected chi connectivity index (χ4v) is 3.47. The van der Waals surface area contributed by atoms with Gasteiger partial charge in [0.1, 0.15) is 29.7 Å². The van der Waals surface area contributed by atoms with Gasteiger partial charge in [-0.15, -0.1) is 0 Å². The van der Waals surface area contributed by atoms with E-state index in [1.165, 1.54) is 24.3 Å². The Morgan fingerprint density at radius 2 is 1.38 bits per heavy atom. The van der Waals surface area contributed by atoms with E-state index in [2.05, 4.69) is 4.74 Å². The predicted octanol–water partition coefficient (Wildman–Crippen LogP) is 4.11. The summed E-state index contributed by atoms with van der Waals surface area (Å²) in [6, 6.07) is 9.40. The van der Waals surface area contributed by atoms with Crippen molar-refractivity contribution in [3.63, 3.8) is 0 Å². The lowest BCUT2D eigenvalue weighted by Gasteiger charge is -2.22. The maximum absolute atomic E-state index is 13.1. The molecule has 0 aliphatic carbocycles. The first-order valence-corrected chi connectivity index (χ1v) is 8.39. The van der Waals surface area contributed by atoms with Gasteiger partial charge in [-0.3, -0.25) is 0 Å². The Morgan fingerprint density at radius 3 is 1.75 bits per heavy atom. The standard InChI is InChI=1S/C15H11F2O6P/c16-10-1-5-12(6-2-10)22-24(19,14-9-20-15(18)21-14)23-13-7-3-11(17)4-8-13/h1-8,14H,9H2. The number of benzene rings is 2. The summed E-state index contributed by atoms with van der Waals surface area (Å²) in [5.41, 5.74) is 0. The summed E-state index contributed by atoms with van der Waals surface area (Å²) in [7, 11) is -4.09. The highest BCUT2D eigenvalue weighted by molar-refractivity contribution is 7.55. The Balaban J connectivity index is 1.87. The summed E-state index contributed by atoms with van der Waals surface area (Å²) >= 11 is 0. The Morgan fingerprint density at radius 1 is 0.917 bits per heavy atom. The molecule has 1 aliphatic rings. The minimum absolute atomic E-state index is 0.0461. The zero-order valence-electron chi connectivity index (χ0n) is 12.1. The molecule has 0 radical (unpaired) electrons. The maximum Gasteiger partial charge on any atom is 0.509 e. The number of rotatable bonds is 5. The highest BCUT2D eigenvalue weighted by atomic mass is 31.2. The first kappa shape index (κ1) is 16.3. The van der Waals surface area contributed by atoms with Crippen molar-refractivity contribution in [2.45, 2.75) is 5.85 Å². The van der Waals surface area contributed by atoms with E-state index in [1.54, 1.807) is 0 Å². The lowest BCUT2D eigenvalue weighted by molar-refractivity contribution is 0.125. The molecule has 9 heteroatoms. The van der Waals surface area contributed by atoms with Crippen LogP contribution in [0.15, 0.2) is 48.5 Å². The normalized spacial score (nSPS) is 17.1. The molecule has 0 N–H and O–H groups in total. The second kappa shape index (κ2) is 6.49. The maximum atomic E-state index is 13.1. The predicted molar refractivity (Wildman–Crippen MR) is 77.9 cm³/mol. The summed E-state index contributed by atoms with van der Waals surface area (Å²) in [6.07, 6.45) is -1.01. The molecule has 1 heterocycles. The van der Waals surface area contributed by atoms with E-state index in [0.717, 1.165) is 24.3 Å². The number of ether oxygens (including phenoxy) is 2. The Labute approximate surface area is 135 Å². The smallest absolute Gasteiger partial charge is 0.429 e. The molecule has 0 aromatic heterocycles. The Hall–Kier alpha value is -2.60. The molecule has 24 heavy (non-hydrogen) atoms. The van der Waals surface area contributed by atoms with E-state index in [1.807, 2.05) is 0 Å². The molecule has 0 saturated carbocycles. The van der Waals surface area contributed by atoms with Crippen molar-refractivity contribution in [3.05, 3.63) is 60.2 Å². The lowest BCUT2D eigenvalue weighted by Crippen LogP contribution is -2.19. The van der Waals surface area contributed by atoms with Crippen molar-refractivity contribution in [3.8, 4) is 11.5 Å². The molecule has 0 spiro atoms. The highest BCUT2D eigenvalue weighted by Gasteiger charge is 2.47. The van der Waals surface area contributed by atoms with E-state index >= 15 is 0 Å². The van der Waals surface area contributed by atoms with Gasteiger partial charge >= 0.3 is 13.8 Å². The van der Waals surface area contributed by atoms with E-state index < -0.39 is 31.2 Å². The molecule has 1 saturated heterocycles. The van der Waals surface area contributed by atoms with E-state index in [-0.39, 0.29) is 18.1 Å². The molecular formula is C15H11F2O6P. The second-order valence-electron chi connectivity index (χ2n) is 4.76. The van der Waals surface area contributed by atoms with Gasteiger partial charge in [-0.1, -0.05) is 0 Å². The number of halogens is 2. The zero-order valence-corrected chi connectivity index (χ0v) is 13.0. The average molecular weight is 356 g/mol. The molecule has 2 aromatic rings. The fraction of sp³-hybridized carbons (Fsp3) is 0.133. The van der Waals surface area contributed by atoms with Crippen LogP contribution in [0.2, 0.25) is 0 Å². The number of hydrogen-bond acceptors (Lipinski definition) is 6. The van der Waals surface area contributed by atoms with Crippen LogP contribution in [0.4, 0.5) is 13.6 Å². The van der Waals surface area contributed by atoms with Gasteiger partial charge in [0.2, 0.25) is 0 Å². The second-order valence-corrected chi connectivity index (χ2v) is 6.78. The van der Waals surface area contributed by atoms with Crippen molar-refractivity contribution in [2.75, 3.05) is 6.61 Å². The number of carbonyl (C=O) groups excluding carboxylic acids is 1. The molecule has 1 aliphatic heterocycles. The summed E-state index contributed by atoms with van der Waals surface area (Å²) in [4.78, 5) is 11.1. The quantitative estimate of drug-likeness (QED) is 0.593. The van der Waals surface area contributed by atoms with Crippen molar-refractivity contribution in [2.24, 2.45) is 0 Å². The molecule has 0 amide bonds. The third-order valence-corrected chi connectivity index (χ3v) is 4.91. The van der Waals surface area contributed by atoms with Crippen LogP contribution in [0.1, 0.15) is 0 Å².